The second-order valence-electron chi connectivity index (χ2n) is 9.98. The van der Waals surface area contributed by atoms with Crippen LogP contribution in [0.1, 0.15) is 16.7 Å². The molecule has 0 saturated carbocycles. The number of nitrogens with zero attached hydrogens (tertiary/aromatic N) is 3. The molecule has 0 heterocycles. The van der Waals surface area contributed by atoms with Crippen molar-refractivity contribution < 1.29 is 53.8 Å². The zero-order valence-corrected chi connectivity index (χ0v) is 29.3. The highest BCUT2D eigenvalue weighted by Crippen LogP contribution is 2.17. The van der Waals surface area contributed by atoms with Gasteiger partial charge < -0.3 is 14.2 Å². The lowest BCUT2D eigenvalue weighted by Crippen LogP contribution is -2.39. The maximum atomic E-state index is 13.0. The Kier molecular flexibility index (Phi) is 14.6. The van der Waals surface area contributed by atoms with Gasteiger partial charge in [0.05, 0.1) is 13.2 Å². The first-order valence-corrected chi connectivity index (χ1v) is 17.1. The molecule has 0 radical (unpaired) electrons. The molecule has 48 heavy (non-hydrogen) atoms. The molecule has 0 N–H and O–H groups in total. The molecule has 3 amide bonds. The summed E-state index contributed by atoms with van der Waals surface area (Å²) in [4.78, 5) is 37.6. The molecule has 0 aliphatic carbocycles. The molecule has 0 saturated heterocycles. The van der Waals surface area contributed by atoms with Gasteiger partial charge in [-0.1, -0.05) is 36.4 Å². The molecule has 260 valence electrons. The number of amides is 3. The molecule has 3 aromatic carbocycles. The molecule has 0 aliphatic heterocycles. The maximum Gasteiger partial charge on any atom is 0.428 e. The van der Waals surface area contributed by atoms with Crippen molar-refractivity contribution >= 4 is 52.1 Å². The molecule has 0 fully saturated rings. The summed E-state index contributed by atoms with van der Waals surface area (Å²) >= 11 is -7.45. The summed E-state index contributed by atoms with van der Waals surface area (Å²) in [6.07, 6.45) is -4.48. The maximum absolute atomic E-state index is 13.0. The van der Waals surface area contributed by atoms with Gasteiger partial charge in [0.25, 0.3) is 33.8 Å². The summed E-state index contributed by atoms with van der Waals surface area (Å²) in [5, 5.41) is 0. The highest BCUT2D eigenvalue weighted by Gasteiger charge is 2.28. The lowest BCUT2D eigenvalue weighted by atomic mass is 10.2. The van der Waals surface area contributed by atoms with Crippen molar-refractivity contribution in [2.45, 2.75) is 26.9 Å². The van der Waals surface area contributed by atoms with Crippen molar-refractivity contribution in [2.24, 2.45) is 0 Å². The van der Waals surface area contributed by atoms with Crippen LogP contribution in [0.25, 0.3) is 0 Å². The average Bonchev–Trinajstić information content (AvgIpc) is 3.04. The number of ether oxygens (including phenoxy) is 3. The van der Waals surface area contributed by atoms with Crippen LogP contribution in [0.15, 0.2) is 72.8 Å². The number of benzene rings is 3. The van der Waals surface area contributed by atoms with Crippen LogP contribution >= 0.6 is 0 Å². The largest absolute Gasteiger partial charge is 0.428 e. The highest BCUT2D eigenvalue weighted by atomic mass is 32.2. The van der Waals surface area contributed by atoms with E-state index in [0.717, 1.165) is 37.8 Å². The minimum Gasteiger partial charge on any atom is -0.409 e. The van der Waals surface area contributed by atoms with Gasteiger partial charge in [-0.25, -0.2) is 39.9 Å². The SMILES string of the molecule is Cc1cccc(OC(=O)N(C)S(=O)OCC(COS(=O)N(C)C(=O)Oc2cccc(C)c2)OS(=O)N(C)C(=O)Oc2cccc(C)c2)c1. The standard InChI is InChI=1S/C30H35N3O12S3/c1-21-10-7-13-24(16-21)42-28(34)31(4)46(37)40-19-27(45-48(39)33(6)30(36)44-26-15-9-12-23(3)18-26)20-41-47(38)32(5)29(35)43-25-14-8-11-22(2)17-25/h7-18,27H,19-20H2,1-6H3. The van der Waals surface area contributed by atoms with Crippen molar-refractivity contribution in [1.29, 1.82) is 0 Å². The molecule has 3 aromatic rings. The van der Waals surface area contributed by atoms with Crippen molar-refractivity contribution in [1.82, 2.24) is 12.9 Å². The number of hydrogen-bond donors (Lipinski definition) is 0. The fraction of sp³-hybridized carbons (Fsp3) is 0.300. The van der Waals surface area contributed by atoms with Crippen LogP contribution in [-0.2, 0) is 46.3 Å². The Hall–Kier alpha value is -4.20. The van der Waals surface area contributed by atoms with Crippen LogP contribution in [0.5, 0.6) is 17.2 Å². The zero-order chi connectivity index (χ0) is 35.4. The Labute approximate surface area is 286 Å². The lowest BCUT2D eigenvalue weighted by Gasteiger charge is -2.22. The molecular formula is C30H35N3O12S3. The summed E-state index contributed by atoms with van der Waals surface area (Å²) in [5.74, 6) is 0.614. The van der Waals surface area contributed by atoms with E-state index >= 15 is 0 Å². The normalized spacial score (nSPS) is 13.4. The monoisotopic (exact) mass is 725 g/mol. The van der Waals surface area contributed by atoms with Crippen LogP contribution in [-0.4, -0.2) is 84.3 Å². The summed E-state index contributed by atoms with van der Waals surface area (Å²) in [7, 11) is 3.43. The third-order valence-electron chi connectivity index (χ3n) is 5.95. The number of carbonyl (C=O) groups is 3. The van der Waals surface area contributed by atoms with Crippen molar-refractivity contribution in [3.05, 3.63) is 89.5 Å². The van der Waals surface area contributed by atoms with Gasteiger partial charge >= 0.3 is 18.3 Å². The van der Waals surface area contributed by atoms with Crippen LogP contribution in [0.4, 0.5) is 14.4 Å². The van der Waals surface area contributed by atoms with E-state index in [0.29, 0.717) is 12.9 Å². The van der Waals surface area contributed by atoms with Gasteiger partial charge in [-0.2, -0.15) is 0 Å². The molecule has 0 aliphatic rings. The second kappa shape index (κ2) is 18.4. The summed E-state index contributed by atoms with van der Waals surface area (Å²) < 4.78 is 71.9. The average molecular weight is 726 g/mol. The topological polar surface area (TPSA) is 168 Å². The van der Waals surface area contributed by atoms with Gasteiger partial charge in [-0.05, 0) is 73.9 Å². The first kappa shape index (κ1) is 38.2. The van der Waals surface area contributed by atoms with Gasteiger partial charge in [-0.15, -0.1) is 0 Å². The first-order chi connectivity index (χ1) is 22.7. The molecule has 3 rings (SSSR count). The van der Waals surface area contributed by atoms with E-state index in [1.165, 1.54) is 18.2 Å². The molecule has 15 nitrogen and oxygen atoms in total. The minimum atomic E-state index is -2.54. The van der Waals surface area contributed by atoms with Crippen LogP contribution in [0.3, 0.4) is 0 Å². The summed E-state index contributed by atoms with van der Waals surface area (Å²) in [5.41, 5.74) is 2.47. The van der Waals surface area contributed by atoms with Gasteiger partial charge in [0.15, 0.2) is 0 Å². The van der Waals surface area contributed by atoms with Crippen LogP contribution in [0, 0.1) is 20.8 Å². The van der Waals surface area contributed by atoms with Crippen LogP contribution in [0.2, 0.25) is 0 Å². The number of aryl methyl sites for hydroxylation is 3. The van der Waals surface area contributed by atoms with E-state index in [9.17, 15) is 27.0 Å². The zero-order valence-electron chi connectivity index (χ0n) is 26.9. The molecule has 0 spiro atoms. The molecule has 0 aromatic heterocycles. The van der Waals surface area contributed by atoms with E-state index in [1.54, 1.807) is 75.4 Å². The Balaban J connectivity index is 1.65. The molecule has 3 unspecified atom stereocenters. The van der Waals surface area contributed by atoms with E-state index in [-0.39, 0.29) is 17.2 Å². The fourth-order valence-corrected chi connectivity index (χ4v) is 5.23. The van der Waals surface area contributed by atoms with E-state index in [2.05, 4.69) is 0 Å². The number of carbonyl (C=O) groups excluding carboxylic acids is 3. The fourth-order valence-electron chi connectivity index (χ4n) is 3.43. The van der Waals surface area contributed by atoms with E-state index in [4.69, 9.17) is 26.8 Å². The van der Waals surface area contributed by atoms with Crippen molar-refractivity contribution in [3.63, 3.8) is 0 Å². The third-order valence-corrected chi connectivity index (χ3v) is 8.86. The van der Waals surface area contributed by atoms with Crippen molar-refractivity contribution in [3.8, 4) is 17.2 Å². The van der Waals surface area contributed by atoms with Gasteiger partial charge in [0.1, 0.15) is 23.4 Å². The Bertz CT molecular complexity index is 1590. The van der Waals surface area contributed by atoms with Gasteiger partial charge in [0.2, 0.25) is 0 Å². The first-order valence-electron chi connectivity index (χ1n) is 14.0. The predicted octanol–water partition coefficient (Wildman–Crippen LogP) is 4.46. The smallest absolute Gasteiger partial charge is 0.409 e. The highest BCUT2D eigenvalue weighted by molar-refractivity contribution is 7.78. The summed E-state index contributed by atoms with van der Waals surface area (Å²) in [6, 6.07) is 19.8. The third kappa shape index (κ3) is 12.1. The van der Waals surface area contributed by atoms with Gasteiger partial charge in [0, 0.05) is 21.1 Å². The van der Waals surface area contributed by atoms with Gasteiger partial charge in [-0.3, -0.25) is 12.5 Å². The molecular weight excluding hydrogens is 691 g/mol. The lowest BCUT2D eigenvalue weighted by molar-refractivity contribution is 0.0917. The Morgan fingerprint density at radius 1 is 0.562 bits per heavy atom. The minimum absolute atomic E-state index is 0.194. The predicted molar refractivity (Wildman–Crippen MR) is 176 cm³/mol. The second-order valence-corrected chi connectivity index (χ2v) is 13.6. The Morgan fingerprint density at radius 2 is 0.875 bits per heavy atom. The van der Waals surface area contributed by atoms with E-state index in [1.807, 2.05) is 0 Å². The molecule has 18 heteroatoms. The van der Waals surface area contributed by atoms with Crippen molar-refractivity contribution in [2.75, 3.05) is 34.4 Å². The number of rotatable bonds is 14. The van der Waals surface area contributed by atoms with Crippen LogP contribution < -0.4 is 14.2 Å². The molecule has 0 bridgehead atoms. The number of hydrogen-bond acceptors (Lipinski definition) is 12. The Morgan fingerprint density at radius 3 is 1.19 bits per heavy atom. The summed E-state index contributed by atoms with van der Waals surface area (Å²) in [6.45, 7) is 4.07. The van der Waals surface area contributed by atoms with E-state index < -0.39 is 71.4 Å². The molecule has 3 atom stereocenters. The quantitative estimate of drug-likeness (QED) is 0.229.